The Balaban J connectivity index is 1.96. The van der Waals surface area contributed by atoms with Crippen molar-refractivity contribution in [3.05, 3.63) is 28.0 Å². The highest BCUT2D eigenvalue weighted by atomic mass is 16.7. The van der Waals surface area contributed by atoms with Crippen LogP contribution in [0.1, 0.15) is 46.2 Å². The van der Waals surface area contributed by atoms with Crippen molar-refractivity contribution in [3.63, 3.8) is 0 Å². The Morgan fingerprint density at radius 1 is 1.15 bits per heavy atom. The zero-order valence-electron chi connectivity index (χ0n) is 12.4. The average Bonchev–Trinajstić information content (AvgIpc) is 3.01. The standard InChI is InChI=1S/C14H21BN2O3/c1-12(2)13(3,4)20-15(19-12)11-8-9(18)7-10(17-11)14(16)5-6-14/h7-8H,5-6,16H2,1-4H3,(H,17,18). The summed E-state index contributed by atoms with van der Waals surface area (Å²) in [5.41, 5.74) is 6.28. The molecule has 2 heterocycles. The van der Waals surface area contributed by atoms with Gasteiger partial charge < -0.3 is 20.0 Å². The second-order valence-electron chi connectivity index (χ2n) is 6.93. The maximum Gasteiger partial charge on any atom is 0.512 e. The highest BCUT2D eigenvalue weighted by Crippen LogP contribution is 2.41. The van der Waals surface area contributed by atoms with Gasteiger partial charge in [-0.1, -0.05) is 0 Å². The zero-order valence-corrected chi connectivity index (χ0v) is 12.4. The van der Waals surface area contributed by atoms with Crippen molar-refractivity contribution in [1.29, 1.82) is 0 Å². The normalized spacial score (nSPS) is 25.8. The summed E-state index contributed by atoms with van der Waals surface area (Å²) in [5.74, 6) is 0. The Morgan fingerprint density at radius 2 is 1.70 bits per heavy atom. The molecule has 108 valence electrons. The SMILES string of the molecule is CC1(C)OB(c2cc(=O)cc(C3(N)CC3)[nH]2)OC1(C)C. The number of aromatic nitrogens is 1. The Labute approximate surface area is 119 Å². The van der Waals surface area contributed by atoms with Crippen LogP contribution >= 0.6 is 0 Å². The van der Waals surface area contributed by atoms with Crippen molar-refractivity contribution in [2.75, 3.05) is 0 Å². The van der Waals surface area contributed by atoms with Crippen LogP contribution in [0.25, 0.3) is 0 Å². The van der Waals surface area contributed by atoms with Gasteiger partial charge in [-0.25, -0.2) is 0 Å². The molecule has 0 unspecified atom stereocenters. The van der Waals surface area contributed by atoms with E-state index in [4.69, 9.17) is 15.0 Å². The van der Waals surface area contributed by atoms with Crippen LogP contribution in [0.2, 0.25) is 0 Å². The fourth-order valence-electron chi connectivity index (χ4n) is 2.33. The summed E-state index contributed by atoms with van der Waals surface area (Å²) in [7, 11) is -0.560. The van der Waals surface area contributed by atoms with Crippen LogP contribution in [0.5, 0.6) is 0 Å². The summed E-state index contributed by atoms with van der Waals surface area (Å²) in [5, 5.41) is 0. The molecule has 0 atom stereocenters. The molecule has 1 aromatic heterocycles. The van der Waals surface area contributed by atoms with Gasteiger partial charge in [-0.3, -0.25) is 4.79 Å². The molecular formula is C14H21BN2O3. The molecular weight excluding hydrogens is 255 g/mol. The minimum absolute atomic E-state index is 0.0693. The average molecular weight is 276 g/mol. The number of nitrogens with one attached hydrogen (secondary N) is 1. The lowest BCUT2D eigenvalue weighted by Crippen LogP contribution is -2.41. The van der Waals surface area contributed by atoms with E-state index in [1.807, 2.05) is 27.7 Å². The number of hydrogen-bond acceptors (Lipinski definition) is 4. The summed E-state index contributed by atoms with van der Waals surface area (Å²) < 4.78 is 11.9. The third-order valence-electron chi connectivity index (χ3n) is 4.70. The Morgan fingerprint density at radius 3 is 2.20 bits per heavy atom. The molecule has 5 nitrogen and oxygen atoms in total. The number of rotatable bonds is 2. The smallest absolute Gasteiger partial charge is 0.398 e. The second kappa shape index (κ2) is 3.96. The molecule has 1 saturated carbocycles. The highest BCUT2D eigenvalue weighted by Gasteiger charge is 2.52. The van der Waals surface area contributed by atoms with Gasteiger partial charge in [-0.05, 0) is 40.5 Å². The first kappa shape index (κ1) is 13.9. The quantitative estimate of drug-likeness (QED) is 0.776. The van der Waals surface area contributed by atoms with Crippen LogP contribution in [0.3, 0.4) is 0 Å². The lowest BCUT2D eigenvalue weighted by atomic mass is 9.83. The molecule has 1 aliphatic heterocycles. The number of nitrogens with two attached hydrogens (primary N) is 1. The van der Waals surface area contributed by atoms with Crippen LogP contribution in [0, 0.1) is 0 Å². The van der Waals surface area contributed by atoms with Crippen molar-refractivity contribution in [1.82, 2.24) is 4.98 Å². The topological polar surface area (TPSA) is 77.3 Å². The Hall–Kier alpha value is -1.11. The van der Waals surface area contributed by atoms with E-state index in [9.17, 15) is 4.79 Å². The van der Waals surface area contributed by atoms with Gasteiger partial charge >= 0.3 is 7.12 Å². The van der Waals surface area contributed by atoms with Gasteiger partial charge in [-0.15, -0.1) is 0 Å². The summed E-state index contributed by atoms with van der Waals surface area (Å²) in [6.07, 6.45) is 1.80. The van der Waals surface area contributed by atoms with Gasteiger partial charge in [0.25, 0.3) is 0 Å². The van der Waals surface area contributed by atoms with Crippen molar-refractivity contribution < 1.29 is 9.31 Å². The monoisotopic (exact) mass is 276 g/mol. The van der Waals surface area contributed by atoms with Gasteiger partial charge in [0.05, 0.1) is 16.7 Å². The summed E-state index contributed by atoms with van der Waals surface area (Å²) in [6, 6.07) is 3.10. The lowest BCUT2D eigenvalue weighted by molar-refractivity contribution is 0.00578. The van der Waals surface area contributed by atoms with E-state index >= 15 is 0 Å². The van der Waals surface area contributed by atoms with Gasteiger partial charge in [0.2, 0.25) is 0 Å². The fourth-order valence-corrected chi connectivity index (χ4v) is 2.33. The third-order valence-corrected chi connectivity index (χ3v) is 4.70. The van der Waals surface area contributed by atoms with Gasteiger partial charge in [0, 0.05) is 23.4 Å². The molecule has 20 heavy (non-hydrogen) atoms. The maximum atomic E-state index is 11.9. The van der Waals surface area contributed by atoms with Gasteiger partial charge in [-0.2, -0.15) is 0 Å². The van der Waals surface area contributed by atoms with Crippen molar-refractivity contribution >= 4 is 12.7 Å². The number of H-pyrrole nitrogens is 1. The summed E-state index contributed by atoms with van der Waals surface area (Å²) in [6.45, 7) is 7.95. The molecule has 0 radical (unpaired) electrons. The zero-order chi connectivity index (χ0) is 14.8. The van der Waals surface area contributed by atoms with Crippen LogP contribution in [-0.4, -0.2) is 23.3 Å². The first-order chi connectivity index (χ1) is 9.13. The van der Waals surface area contributed by atoms with Gasteiger partial charge in [0.1, 0.15) is 0 Å². The van der Waals surface area contributed by atoms with Crippen LogP contribution in [-0.2, 0) is 14.8 Å². The molecule has 6 heteroatoms. The molecule has 3 rings (SSSR count). The first-order valence-electron chi connectivity index (χ1n) is 7.02. The second-order valence-corrected chi connectivity index (χ2v) is 6.93. The van der Waals surface area contributed by atoms with E-state index < -0.39 is 18.3 Å². The van der Waals surface area contributed by atoms with Crippen LogP contribution < -0.4 is 16.8 Å². The molecule has 2 fully saturated rings. The Bertz CT molecular complexity index is 589. The number of aromatic amines is 1. The largest absolute Gasteiger partial charge is 0.512 e. The van der Waals surface area contributed by atoms with Gasteiger partial charge in [0.15, 0.2) is 5.43 Å². The number of hydrogen-bond donors (Lipinski definition) is 2. The molecule has 1 aromatic rings. The van der Waals surface area contributed by atoms with E-state index in [2.05, 4.69) is 4.98 Å². The van der Waals surface area contributed by atoms with E-state index in [0.717, 1.165) is 18.5 Å². The molecule has 0 amide bonds. The third kappa shape index (κ3) is 2.12. The van der Waals surface area contributed by atoms with Crippen molar-refractivity contribution in [3.8, 4) is 0 Å². The molecule has 2 aliphatic rings. The fraction of sp³-hybridized carbons (Fsp3) is 0.643. The van der Waals surface area contributed by atoms with Crippen LogP contribution in [0.15, 0.2) is 16.9 Å². The first-order valence-corrected chi connectivity index (χ1v) is 7.02. The predicted molar refractivity (Wildman–Crippen MR) is 77.9 cm³/mol. The molecule has 0 aromatic carbocycles. The Kier molecular flexibility index (Phi) is 2.75. The van der Waals surface area contributed by atoms with E-state index in [-0.39, 0.29) is 11.0 Å². The van der Waals surface area contributed by atoms with E-state index in [1.165, 1.54) is 6.07 Å². The minimum atomic E-state index is -0.560. The molecule has 1 saturated heterocycles. The molecule has 0 spiro atoms. The van der Waals surface area contributed by atoms with Crippen LogP contribution in [0.4, 0.5) is 0 Å². The lowest BCUT2D eigenvalue weighted by Gasteiger charge is -2.32. The summed E-state index contributed by atoms with van der Waals surface area (Å²) >= 11 is 0. The number of pyridine rings is 1. The predicted octanol–water partition coefficient (Wildman–Crippen LogP) is 0.622. The van der Waals surface area contributed by atoms with Crippen molar-refractivity contribution in [2.24, 2.45) is 5.73 Å². The highest BCUT2D eigenvalue weighted by molar-refractivity contribution is 6.61. The molecule has 1 aliphatic carbocycles. The molecule has 0 bridgehead atoms. The van der Waals surface area contributed by atoms with E-state index in [1.54, 1.807) is 6.07 Å². The van der Waals surface area contributed by atoms with E-state index in [0.29, 0.717) is 5.59 Å². The van der Waals surface area contributed by atoms with Crippen molar-refractivity contribution in [2.45, 2.75) is 57.3 Å². The maximum absolute atomic E-state index is 11.9. The summed E-state index contributed by atoms with van der Waals surface area (Å²) in [4.78, 5) is 15.1. The minimum Gasteiger partial charge on any atom is -0.398 e. The molecule has 3 N–H and O–H groups in total.